The maximum absolute atomic E-state index is 12.6. The Labute approximate surface area is 174 Å². The summed E-state index contributed by atoms with van der Waals surface area (Å²) in [4.78, 5) is 26.2. The number of carbonyl (C=O) groups excluding carboxylic acids is 2. The molecule has 0 saturated carbocycles. The highest BCUT2D eigenvalue weighted by Gasteiger charge is 2.20. The molecule has 0 aliphatic rings. The Hall–Kier alpha value is -2.66. The summed E-state index contributed by atoms with van der Waals surface area (Å²) in [6, 6.07) is 11.9. The fourth-order valence-electron chi connectivity index (χ4n) is 3.53. The number of hydrogen-bond donors (Lipinski definition) is 3. The van der Waals surface area contributed by atoms with Gasteiger partial charge in [0, 0.05) is 17.3 Å². The second kappa shape index (κ2) is 10.2. The molecule has 29 heavy (non-hydrogen) atoms. The molecular weight excluding hydrogens is 362 g/mol. The summed E-state index contributed by atoms with van der Waals surface area (Å²) < 4.78 is 0. The Morgan fingerprint density at radius 3 is 1.55 bits per heavy atom. The smallest absolute Gasteiger partial charge is 0.279 e. The molecule has 0 spiro atoms. The Balaban J connectivity index is 2.00. The molecule has 2 aromatic carbocycles. The van der Waals surface area contributed by atoms with Gasteiger partial charge in [0.15, 0.2) is 13.1 Å². The molecule has 2 amide bonds. The first-order chi connectivity index (χ1) is 13.6. The zero-order chi connectivity index (χ0) is 21.6. The molecule has 0 bridgehead atoms. The lowest BCUT2D eigenvalue weighted by atomic mass is 10.1. The molecule has 0 radical (unpaired) electrons. The number of quaternary nitrogens is 1. The zero-order valence-electron chi connectivity index (χ0n) is 18.5. The van der Waals surface area contributed by atoms with Crippen molar-refractivity contribution in [2.24, 2.45) is 5.92 Å². The van der Waals surface area contributed by atoms with Gasteiger partial charge in [-0.25, -0.2) is 0 Å². The van der Waals surface area contributed by atoms with Gasteiger partial charge in [0.05, 0.1) is 6.54 Å². The summed E-state index contributed by atoms with van der Waals surface area (Å²) in [6.07, 6.45) is 0. The molecular formula is C24H34N3O2+. The van der Waals surface area contributed by atoms with E-state index < -0.39 is 0 Å². The third-order valence-corrected chi connectivity index (χ3v) is 4.83. The highest BCUT2D eigenvalue weighted by Crippen LogP contribution is 2.16. The van der Waals surface area contributed by atoms with E-state index >= 15 is 0 Å². The van der Waals surface area contributed by atoms with E-state index in [2.05, 4.69) is 24.5 Å². The maximum Gasteiger partial charge on any atom is 0.279 e. The van der Waals surface area contributed by atoms with E-state index in [9.17, 15) is 9.59 Å². The molecule has 3 N–H and O–H groups in total. The highest BCUT2D eigenvalue weighted by atomic mass is 16.2. The van der Waals surface area contributed by atoms with Gasteiger partial charge < -0.3 is 15.5 Å². The first kappa shape index (κ1) is 22.6. The number of benzene rings is 2. The van der Waals surface area contributed by atoms with Gasteiger partial charge in [0.1, 0.15) is 0 Å². The molecule has 2 rings (SSSR count). The first-order valence-corrected chi connectivity index (χ1v) is 10.2. The van der Waals surface area contributed by atoms with Crippen molar-refractivity contribution >= 4 is 23.2 Å². The van der Waals surface area contributed by atoms with Crippen LogP contribution >= 0.6 is 0 Å². The van der Waals surface area contributed by atoms with Crippen LogP contribution in [-0.2, 0) is 9.59 Å². The van der Waals surface area contributed by atoms with Gasteiger partial charge in [-0.3, -0.25) is 9.59 Å². The van der Waals surface area contributed by atoms with E-state index in [0.29, 0.717) is 5.92 Å². The van der Waals surface area contributed by atoms with Crippen molar-refractivity contribution in [3.8, 4) is 0 Å². The van der Waals surface area contributed by atoms with Crippen LogP contribution in [0.5, 0.6) is 0 Å². The predicted molar refractivity (Wildman–Crippen MR) is 119 cm³/mol. The van der Waals surface area contributed by atoms with Crippen molar-refractivity contribution in [2.45, 2.75) is 41.5 Å². The van der Waals surface area contributed by atoms with Gasteiger partial charge in [0.25, 0.3) is 11.8 Å². The SMILES string of the molecule is Cc1ccc(NC(=O)C[NH+](CC(=O)Nc2ccc(C)cc2C)CC(C)C)c(C)c1. The summed E-state index contributed by atoms with van der Waals surface area (Å²) in [5.74, 6) is 0.228. The van der Waals surface area contributed by atoms with Gasteiger partial charge in [-0.05, 0) is 51.0 Å². The van der Waals surface area contributed by atoms with Crippen LogP contribution in [0.4, 0.5) is 11.4 Å². The minimum absolute atomic E-state index is 0.0769. The van der Waals surface area contributed by atoms with Crippen molar-refractivity contribution in [1.29, 1.82) is 0 Å². The summed E-state index contributed by atoms with van der Waals surface area (Å²) in [5, 5.41) is 5.98. The molecule has 0 aliphatic heterocycles. The van der Waals surface area contributed by atoms with Crippen LogP contribution in [0.25, 0.3) is 0 Å². The molecule has 0 aromatic heterocycles. The Morgan fingerprint density at radius 1 is 0.793 bits per heavy atom. The standard InChI is InChI=1S/C24H33N3O2/c1-16(2)13-27(14-23(28)25-21-9-7-17(3)11-19(21)5)15-24(29)26-22-10-8-18(4)12-20(22)6/h7-12,16H,13-15H2,1-6H3,(H,25,28)(H,26,29)/p+1. The third kappa shape index (κ3) is 7.35. The molecule has 0 heterocycles. The fraction of sp³-hybridized carbons (Fsp3) is 0.417. The van der Waals surface area contributed by atoms with Crippen LogP contribution in [0, 0.1) is 33.6 Å². The second-order valence-electron chi connectivity index (χ2n) is 8.43. The summed E-state index contributed by atoms with van der Waals surface area (Å²) in [6.45, 7) is 13.5. The number of aryl methyl sites for hydroxylation is 4. The number of carbonyl (C=O) groups is 2. The molecule has 0 unspecified atom stereocenters. The highest BCUT2D eigenvalue weighted by molar-refractivity contribution is 5.94. The quantitative estimate of drug-likeness (QED) is 0.642. The molecule has 0 fully saturated rings. The zero-order valence-corrected chi connectivity index (χ0v) is 18.5. The summed E-state index contributed by atoms with van der Waals surface area (Å²) >= 11 is 0. The van der Waals surface area contributed by atoms with Gasteiger partial charge >= 0.3 is 0 Å². The second-order valence-corrected chi connectivity index (χ2v) is 8.43. The van der Waals surface area contributed by atoms with Crippen LogP contribution in [-0.4, -0.2) is 31.4 Å². The van der Waals surface area contributed by atoms with Gasteiger partial charge in [0.2, 0.25) is 0 Å². The third-order valence-electron chi connectivity index (χ3n) is 4.83. The average molecular weight is 397 g/mol. The van der Waals surface area contributed by atoms with Crippen LogP contribution in [0.15, 0.2) is 36.4 Å². The van der Waals surface area contributed by atoms with E-state index in [1.165, 1.54) is 0 Å². The molecule has 156 valence electrons. The number of anilines is 2. The minimum atomic E-state index is -0.0769. The lowest BCUT2D eigenvalue weighted by Gasteiger charge is -2.21. The summed E-state index contributed by atoms with van der Waals surface area (Å²) in [5.41, 5.74) is 6.05. The van der Waals surface area contributed by atoms with E-state index in [1.807, 2.05) is 64.1 Å². The van der Waals surface area contributed by atoms with Crippen molar-refractivity contribution in [2.75, 3.05) is 30.3 Å². The van der Waals surface area contributed by atoms with E-state index in [-0.39, 0.29) is 24.9 Å². The van der Waals surface area contributed by atoms with Gasteiger partial charge in [-0.15, -0.1) is 0 Å². The monoisotopic (exact) mass is 396 g/mol. The van der Waals surface area contributed by atoms with E-state index in [0.717, 1.165) is 45.1 Å². The average Bonchev–Trinajstić information content (AvgIpc) is 2.59. The first-order valence-electron chi connectivity index (χ1n) is 10.2. The summed E-state index contributed by atoms with van der Waals surface area (Å²) in [7, 11) is 0. The fourth-order valence-corrected chi connectivity index (χ4v) is 3.53. The van der Waals surface area contributed by atoms with Crippen LogP contribution < -0.4 is 15.5 Å². The Kier molecular flexibility index (Phi) is 7.97. The number of rotatable bonds is 8. The molecule has 0 aliphatic carbocycles. The van der Waals surface area contributed by atoms with Crippen molar-refractivity contribution in [1.82, 2.24) is 0 Å². The maximum atomic E-state index is 12.6. The van der Waals surface area contributed by atoms with Crippen molar-refractivity contribution < 1.29 is 14.5 Å². The lowest BCUT2D eigenvalue weighted by molar-refractivity contribution is -0.886. The van der Waals surface area contributed by atoms with E-state index in [1.54, 1.807) is 0 Å². The molecule has 5 nitrogen and oxygen atoms in total. The normalized spacial score (nSPS) is 11.0. The van der Waals surface area contributed by atoms with Crippen molar-refractivity contribution in [3.05, 3.63) is 58.7 Å². The predicted octanol–water partition coefficient (Wildman–Crippen LogP) is 3.04. The Morgan fingerprint density at radius 2 is 1.21 bits per heavy atom. The van der Waals surface area contributed by atoms with Gasteiger partial charge in [-0.2, -0.15) is 0 Å². The van der Waals surface area contributed by atoms with Gasteiger partial charge in [-0.1, -0.05) is 49.2 Å². The molecule has 5 heteroatoms. The van der Waals surface area contributed by atoms with E-state index in [4.69, 9.17) is 0 Å². The molecule has 0 saturated heterocycles. The molecule has 0 atom stereocenters. The number of nitrogens with one attached hydrogen (secondary N) is 3. The topological polar surface area (TPSA) is 62.6 Å². The Bertz CT molecular complexity index is 807. The van der Waals surface area contributed by atoms with Crippen LogP contribution in [0.3, 0.4) is 0 Å². The number of hydrogen-bond acceptors (Lipinski definition) is 2. The minimum Gasteiger partial charge on any atom is -0.321 e. The van der Waals surface area contributed by atoms with Crippen LogP contribution in [0.1, 0.15) is 36.1 Å². The number of amides is 2. The molecule has 2 aromatic rings. The largest absolute Gasteiger partial charge is 0.321 e. The van der Waals surface area contributed by atoms with Crippen molar-refractivity contribution in [3.63, 3.8) is 0 Å². The lowest BCUT2D eigenvalue weighted by Crippen LogP contribution is -3.14. The van der Waals surface area contributed by atoms with Crippen LogP contribution in [0.2, 0.25) is 0 Å².